The smallest absolute Gasteiger partial charge is 0.262 e. The second-order valence-electron chi connectivity index (χ2n) is 5.57. The van der Waals surface area contributed by atoms with Gasteiger partial charge in [0.1, 0.15) is 5.75 Å². The summed E-state index contributed by atoms with van der Waals surface area (Å²) in [5, 5.41) is 6.21. The minimum atomic E-state index is -0.132. The molecule has 0 radical (unpaired) electrons. The first-order chi connectivity index (χ1) is 10.1. The standard InChI is InChI=1S/C16H25N3O2/c1-3-5-6-11(4-2)9-18-13-8-14-15(7-12(13)17)21-10-16(20)19-14/h7-8,11,18H,3-6,9-10,17H2,1-2H3,(H,19,20). The van der Waals surface area contributed by atoms with Crippen molar-refractivity contribution in [3.05, 3.63) is 12.1 Å². The Morgan fingerprint density at radius 3 is 2.95 bits per heavy atom. The Labute approximate surface area is 126 Å². The van der Waals surface area contributed by atoms with Gasteiger partial charge in [0.25, 0.3) is 5.91 Å². The van der Waals surface area contributed by atoms with E-state index in [1.54, 1.807) is 6.07 Å². The number of hydrogen-bond acceptors (Lipinski definition) is 4. The zero-order chi connectivity index (χ0) is 15.2. The van der Waals surface area contributed by atoms with Gasteiger partial charge in [-0.3, -0.25) is 4.79 Å². The van der Waals surface area contributed by atoms with Gasteiger partial charge in [0.2, 0.25) is 0 Å². The number of hydrogen-bond donors (Lipinski definition) is 3. The van der Waals surface area contributed by atoms with Gasteiger partial charge in [0, 0.05) is 12.6 Å². The van der Waals surface area contributed by atoms with Gasteiger partial charge in [0.05, 0.1) is 17.1 Å². The first kappa shape index (κ1) is 15.5. The predicted octanol–water partition coefficient (Wildman–Crippen LogP) is 3.23. The highest BCUT2D eigenvalue weighted by atomic mass is 16.5. The Morgan fingerprint density at radius 1 is 1.43 bits per heavy atom. The number of nitrogens with one attached hydrogen (secondary N) is 2. The van der Waals surface area contributed by atoms with Gasteiger partial charge in [-0.1, -0.05) is 33.1 Å². The molecule has 0 bridgehead atoms. The second kappa shape index (κ2) is 7.20. The number of anilines is 3. The summed E-state index contributed by atoms with van der Waals surface area (Å²) in [6, 6.07) is 3.62. The average molecular weight is 291 g/mol. The van der Waals surface area contributed by atoms with Crippen molar-refractivity contribution in [2.75, 3.05) is 29.5 Å². The molecule has 4 N–H and O–H groups in total. The Bertz CT molecular complexity index is 503. The summed E-state index contributed by atoms with van der Waals surface area (Å²) in [4.78, 5) is 11.4. The molecule has 5 heteroatoms. The van der Waals surface area contributed by atoms with Crippen molar-refractivity contribution >= 4 is 23.0 Å². The molecule has 0 spiro atoms. The molecule has 1 aromatic rings. The molecule has 116 valence electrons. The lowest BCUT2D eigenvalue weighted by molar-refractivity contribution is -0.118. The molecule has 0 saturated carbocycles. The van der Waals surface area contributed by atoms with E-state index in [9.17, 15) is 4.79 Å². The number of unbranched alkanes of at least 4 members (excludes halogenated alkanes) is 1. The van der Waals surface area contributed by atoms with Gasteiger partial charge in [0.15, 0.2) is 6.61 Å². The van der Waals surface area contributed by atoms with Gasteiger partial charge in [-0.2, -0.15) is 0 Å². The fourth-order valence-electron chi connectivity index (χ4n) is 2.49. The van der Waals surface area contributed by atoms with E-state index >= 15 is 0 Å². The SMILES string of the molecule is CCCCC(CC)CNc1cc2c(cc1N)OCC(=O)N2. The van der Waals surface area contributed by atoms with Crippen LogP contribution >= 0.6 is 0 Å². The number of nitrogen functional groups attached to an aromatic ring is 1. The third-order valence-corrected chi connectivity index (χ3v) is 3.91. The van der Waals surface area contributed by atoms with Crippen LogP contribution in [0.2, 0.25) is 0 Å². The molecule has 0 aromatic heterocycles. The third-order valence-electron chi connectivity index (χ3n) is 3.91. The van der Waals surface area contributed by atoms with Crippen LogP contribution in [0.1, 0.15) is 39.5 Å². The number of carbonyl (C=O) groups is 1. The highest BCUT2D eigenvalue weighted by Gasteiger charge is 2.18. The van der Waals surface area contributed by atoms with Gasteiger partial charge in [-0.25, -0.2) is 0 Å². The summed E-state index contributed by atoms with van der Waals surface area (Å²) in [5.74, 6) is 1.15. The molecule has 0 saturated heterocycles. The lowest BCUT2D eigenvalue weighted by Gasteiger charge is -2.22. The first-order valence-electron chi connectivity index (χ1n) is 7.74. The van der Waals surface area contributed by atoms with Gasteiger partial charge >= 0.3 is 0 Å². The van der Waals surface area contributed by atoms with Gasteiger partial charge in [-0.15, -0.1) is 0 Å². The Hall–Kier alpha value is -1.91. The van der Waals surface area contributed by atoms with Crippen LogP contribution in [0.15, 0.2) is 12.1 Å². The van der Waals surface area contributed by atoms with Gasteiger partial charge < -0.3 is 21.1 Å². The van der Waals surface area contributed by atoms with E-state index in [1.807, 2.05) is 6.07 Å². The largest absolute Gasteiger partial charge is 0.482 e. The Balaban J connectivity index is 2.02. The zero-order valence-electron chi connectivity index (χ0n) is 12.9. The summed E-state index contributed by atoms with van der Waals surface area (Å²) < 4.78 is 5.35. The molecule has 1 aliphatic heterocycles. The monoisotopic (exact) mass is 291 g/mol. The van der Waals surface area contributed by atoms with Crippen LogP contribution in [0.25, 0.3) is 0 Å². The average Bonchev–Trinajstić information content (AvgIpc) is 2.48. The van der Waals surface area contributed by atoms with Crippen LogP contribution < -0.4 is 21.1 Å². The molecule has 21 heavy (non-hydrogen) atoms. The fraction of sp³-hybridized carbons (Fsp3) is 0.562. The van der Waals surface area contributed by atoms with E-state index in [4.69, 9.17) is 10.5 Å². The summed E-state index contributed by atoms with van der Waals surface area (Å²) >= 11 is 0. The molecule has 0 fully saturated rings. The van der Waals surface area contributed by atoms with Crippen LogP contribution in [0.5, 0.6) is 5.75 Å². The van der Waals surface area contributed by atoms with Crippen molar-refractivity contribution in [1.29, 1.82) is 0 Å². The normalized spacial score (nSPS) is 14.9. The molecular formula is C16H25N3O2. The molecule has 1 amide bonds. The van der Waals surface area contributed by atoms with Crippen LogP contribution in [0.3, 0.4) is 0 Å². The molecule has 1 atom stereocenters. The minimum Gasteiger partial charge on any atom is -0.482 e. The first-order valence-corrected chi connectivity index (χ1v) is 7.74. The molecule has 0 aliphatic carbocycles. The predicted molar refractivity (Wildman–Crippen MR) is 86.8 cm³/mol. The van der Waals surface area contributed by atoms with Crippen molar-refractivity contribution in [1.82, 2.24) is 0 Å². The number of benzene rings is 1. The third kappa shape index (κ3) is 4.03. The maximum atomic E-state index is 11.4. The van der Waals surface area contributed by atoms with Crippen molar-refractivity contribution in [2.45, 2.75) is 39.5 Å². The zero-order valence-corrected chi connectivity index (χ0v) is 12.9. The maximum absolute atomic E-state index is 11.4. The van der Waals surface area contributed by atoms with Crippen molar-refractivity contribution in [2.24, 2.45) is 5.92 Å². The highest BCUT2D eigenvalue weighted by molar-refractivity contribution is 5.97. The lowest BCUT2D eigenvalue weighted by Crippen LogP contribution is -2.25. The minimum absolute atomic E-state index is 0.0497. The molecule has 2 rings (SSSR count). The van der Waals surface area contributed by atoms with Crippen LogP contribution in [0.4, 0.5) is 17.1 Å². The Morgan fingerprint density at radius 2 is 2.24 bits per heavy atom. The molecule has 1 unspecified atom stereocenters. The maximum Gasteiger partial charge on any atom is 0.262 e. The molecule has 1 aliphatic rings. The molecule has 5 nitrogen and oxygen atoms in total. The van der Waals surface area contributed by atoms with Gasteiger partial charge in [-0.05, 0) is 18.4 Å². The summed E-state index contributed by atoms with van der Waals surface area (Å²) in [6.07, 6.45) is 4.85. The summed E-state index contributed by atoms with van der Waals surface area (Å²) in [6.45, 7) is 5.37. The van der Waals surface area contributed by atoms with E-state index < -0.39 is 0 Å². The summed E-state index contributed by atoms with van der Waals surface area (Å²) in [7, 11) is 0. The van der Waals surface area contributed by atoms with Crippen LogP contribution in [0, 0.1) is 5.92 Å². The fourth-order valence-corrected chi connectivity index (χ4v) is 2.49. The molecule has 1 aromatic carbocycles. The van der Waals surface area contributed by atoms with E-state index in [1.165, 1.54) is 19.3 Å². The second-order valence-corrected chi connectivity index (χ2v) is 5.57. The van der Waals surface area contributed by atoms with E-state index in [0.717, 1.165) is 18.7 Å². The van der Waals surface area contributed by atoms with Crippen LogP contribution in [-0.2, 0) is 4.79 Å². The Kier molecular flexibility index (Phi) is 5.31. The lowest BCUT2D eigenvalue weighted by atomic mass is 9.99. The van der Waals surface area contributed by atoms with Crippen molar-refractivity contribution in [3.63, 3.8) is 0 Å². The van der Waals surface area contributed by atoms with E-state index in [-0.39, 0.29) is 12.5 Å². The topological polar surface area (TPSA) is 76.4 Å². The number of carbonyl (C=O) groups excluding carboxylic acids is 1. The number of amides is 1. The number of rotatable bonds is 7. The number of ether oxygens (including phenoxy) is 1. The molecular weight excluding hydrogens is 266 g/mol. The van der Waals surface area contributed by atoms with Crippen molar-refractivity contribution in [3.8, 4) is 5.75 Å². The van der Waals surface area contributed by atoms with E-state index in [2.05, 4.69) is 24.5 Å². The van der Waals surface area contributed by atoms with Crippen LogP contribution in [-0.4, -0.2) is 19.1 Å². The van der Waals surface area contributed by atoms with Crippen molar-refractivity contribution < 1.29 is 9.53 Å². The quantitative estimate of drug-likeness (QED) is 0.674. The molecule has 1 heterocycles. The van der Waals surface area contributed by atoms with E-state index in [0.29, 0.717) is 23.0 Å². The number of fused-ring (bicyclic) bond motifs is 1. The summed E-state index contributed by atoms with van der Waals surface area (Å²) in [5.41, 5.74) is 8.24. The highest BCUT2D eigenvalue weighted by Crippen LogP contribution is 2.35. The number of nitrogens with two attached hydrogens (primary N) is 1.